The molecule has 0 saturated carbocycles. The maximum absolute atomic E-state index is 8.10. The molecular formula is C16H13N. The van der Waals surface area contributed by atoms with E-state index < -0.39 is 0 Å². The molecule has 0 aromatic heterocycles. The number of allylic oxidation sites excluding steroid dienone is 1. The molecule has 0 aliphatic heterocycles. The molecule has 0 spiro atoms. The highest BCUT2D eigenvalue weighted by Gasteiger charge is 2.12. The van der Waals surface area contributed by atoms with Crippen molar-refractivity contribution in [3.8, 4) is 11.1 Å². The average molecular weight is 219 g/mol. The molecule has 1 N–H and O–H groups in total. The highest BCUT2D eigenvalue weighted by molar-refractivity contribution is 6.06. The predicted octanol–water partition coefficient (Wildman–Crippen LogP) is 4.14. The van der Waals surface area contributed by atoms with Gasteiger partial charge < -0.3 is 5.41 Å². The molecule has 17 heavy (non-hydrogen) atoms. The maximum Gasteiger partial charge on any atom is 0.0430 e. The summed E-state index contributed by atoms with van der Waals surface area (Å²) in [5, 5.41) is 8.10. The van der Waals surface area contributed by atoms with Gasteiger partial charge in [0.25, 0.3) is 0 Å². The summed E-state index contributed by atoms with van der Waals surface area (Å²) in [6, 6.07) is 16.5. The first-order valence-corrected chi connectivity index (χ1v) is 5.79. The van der Waals surface area contributed by atoms with Gasteiger partial charge in [0.15, 0.2) is 0 Å². The molecular weight excluding hydrogens is 206 g/mol. The van der Waals surface area contributed by atoms with Crippen LogP contribution in [-0.4, -0.2) is 5.71 Å². The molecule has 2 aromatic rings. The van der Waals surface area contributed by atoms with Gasteiger partial charge in [-0.3, -0.25) is 0 Å². The largest absolute Gasteiger partial charge is 0.304 e. The Bertz CT molecular complexity index is 608. The van der Waals surface area contributed by atoms with Crippen LogP contribution >= 0.6 is 0 Å². The van der Waals surface area contributed by atoms with Gasteiger partial charge in [-0.2, -0.15) is 0 Å². The second-order valence-corrected chi connectivity index (χ2v) is 4.22. The van der Waals surface area contributed by atoms with Gasteiger partial charge >= 0.3 is 0 Å². The van der Waals surface area contributed by atoms with Gasteiger partial charge in [-0.25, -0.2) is 0 Å². The topological polar surface area (TPSA) is 23.9 Å². The second kappa shape index (κ2) is 4.02. The third kappa shape index (κ3) is 1.70. The second-order valence-electron chi connectivity index (χ2n) is 4.22. The van der Waals surface area contributed by atoms with Crippen LogP contribution in [0.25, 0.3) is 17.2 Å². The van der Waals surface area contributed by atoms with Crippen molar-refractivity contribution in [1.82, 2.24) is 0 Å². The quantitative estimate of drug-likeness (QED) is 0.688. The van der Waals surface area contributed by atoms with E-state index in [1.54, 1.807) is 0 Å². The fraction of sp³-hybridized carbons (Fsp3) is 0.0625. The lowest BCUT2D eigenvalue weighted by atomic mass is 9.90. The molecule has 1 nitrogen and oxygen atoms in total. The van der Waals surface area contributed by atoms with E-state index in [1.165, 1.54) is 11.1 Å². The Morgan fingerprint density at radius 2 is 1.41 bits per heavy atom. The van der Waals surface area contributed by atoms with Gasteiger partial charge in [0.05, 0.1) is 0 Å². The van der Waals surface area contributed by atoms with Gasteiger partial charge in [-0.05, 0) is 16.7 Å². The summed E-state index contributed by atoms with van der Waals surface area (Å²) in [4.78, 5) is 0. The first-order valence-electron chi connectivity index (χ1n) is 5.79. The van der Waals surface area contributed by atoms with Crippen LogP contribution in [0, 0.1) is 5.41 Å². The van der Waals surface area contributed by atoms with Crippen molar-refractivity contribution in [2.45, 2.75) is 6.42 Å². The standard InChI is InChI=1S/C16H13N/c17-16-11-5-7-12-6-1-2-8-13(12)14-9-3-4-10-15(14)16/h1-10,17H,11H2. The third-order valence-corrected chi connectivity index (χ3v) is 3.12. The van der Waals surface area contributed by atoms with E-state index in [-0.39, 0.29) is 0 Å². The van der Waals surface area contributed by atoms with Crippen molar-refractivity contribution >= 4 is 11.8 Å². The van der Waals surface area contributed by atoms with Gasteiger partial charge in [0.1, 0.15) is 0 Å². The van der Waals surface area contributed by atoms with E-state index in [1.807, 2.05) is 18.2 Å². The highest BCUT2D eigenvalue weighted by Crippen LogP contribution is 2.30. The maximum atomic E-state index is 8.10. The van der Waals surface area contributed by atoms with Crippen molar-refractivity contribution in [1.29, 1.82) is 5.41 Å². The van der Waals surface area contributed by atoms with Crippen molar-refractivity contribution in [3.63, 3.8) is 0 Å². The summed E-state index contributed by atoms with van der Waals surface area (Å²) in [6.45, 7) is 0. The minimum atomic E-state index is 0.686. The smallest absolute Gasteiger partial charge is 0.0430 e. The van der Waals surface area contributed by atoms with Crippen molar-refractivity contribution in [3.05, 3.63) is 65.7 Å². The van der Waals surface area contributed by atoms with E-state index in [0.29, 0.717) is 12.1 Å². The van der Waals surface area contributed by atoms with Crippen LogP contribution in [0.5, 0.6) is 0 Å². The Morgan fingerprint density at radius 1 is 0.765 bits per heavy atom. The lowest BCUT2D eigenvalue weighted by Gasteiger charge is -2.14. The number of hydrogen-bond acceptors (Lipinski definition) is 1. The molecule has 0 amide bonds. The first-order chi connectivity index (χ1) is 8.36. The Kier molecular flexibility index (Phi) is 2.37. The summed E-state index contributed by atoms with van der Waals surface area (Å²) in [5.74, 6) is 0. The fourth-order valence-corrected chi connectivity index (χ4v) is 2.28. The molecule has 1 aliphatic rings. The summed E-state index contributed by atoms with van der Waals surface area (Å²) in [5.41, 5.74) is 5.34. The third-order valence-electron chi connectivity index (χ3n) is 3.12. The van der Waals surface area contributed by atoms with Crippen LogP contribution in [0.1, 0.15) is 17.5 Å². The van der Waals surface area contributed by atoms with E-state index in [0.717, 1.165) is 11.1 Å². The Morgan fingerprint density at radius 3 is 2.24 bits per heavy atom. The zero-order valence-corrected chi connectivity index (χ0v) is 9.48. The minimum Gasteiger partial charge on any atom is -0.304 e. The molecule has 0 saturated heterocycles. The molecule has 0 unspecified atom stereocenters. The van der Waals surface area contributed by atoms with Crippen LogP contribution in [0.15, 0.2) is 54.6 Å². The fourth-order valence-electron chi connectivity index (χ4n) is 2.28. The number of hydrogen-bond donors (Lipinski definition) is 1. The molecule has 0 atom stereocenters. The summed E-state index contributed by atoms with van der Waals surface area (Å²) < 4.78 is 0. The normalized spacial score (nSPS) is 13.5. The summed E-state index contributed by atoms with van der Waals surface area (Å²) in [6.07, 6.45) is 4.88. The lowest BCUT2D eigenvalue weighted by molar-refractivity contribution is 1.35. The summed E-state index contributed by atoms with van der Waals surface area (Å²) in [7, 11) is 0. The zero-order chi connectivity index (χ0) is 11.7. The van der Waals surface area contributed by atoms with Crippen LogP contribution in [-0.2, 0) is 0 Å². The van der Waals surface area contributed by atoms with Crippen molar-refractivity contribution < 1.29 is 0 Å². The average Bonchev–Trinajstić information content (AvgIpc) is 2.37. The molecule has 3 rings (SSSR count). The molecule has 2 aromatic carbocycles. The SMILES string of the molecule is N=C1CC=Cc2ccccc2-c2ccccc21. The van der Waals surface area contributed by atoms with E-state index in [4.69, 9.17) is 5.41 Å². The highest BCUT2D eigenvalue weighted by atomic mass is 14.4. The van der Waals surface area contributed by atoms with Crippen LogP contribution in [0.4, 0.5) is 0 Å². The monoisotopic (exact) mass is 219 g/mol. The van der Waals surface area contributed by atoms with Gasteiger partial charge in [0.2, 0.25) is 0 Å². The molecule has 82 valence electrons. The van der Waals surface area contributed by atoms with Gasteiger partial charge in [-0.1, -0.05) is 60.7 Å². The number of rotatable bonds is 0. The lowest BCUT2D eigenvalue weighted by Crippen LogP contribution is -2.02. The summed E-state index contributed by atoms with van der Waals surface area (Å²) >= 11 is 0. The van der Waals surface area contributed by atoms with Crippen LogP contribution in [0.2, 0.25) is 0 Å². The Balaban J connectivity index is 2.34. The minimum absolute atomic E-state index is 0.686. The Hall–Kier alpha value is -2.15. The van der Waals surface area contributed by atoms with E-state index in [9.17, 15) is 0 Å². The molecule has 0 fully saturated rings. The van der Waals surface area contributed by atoms with Crippen molar-refractivity contribution in [2.24, 2.45) is 0 Å². The van der Waals surface area contributed by atoms with Gasteiger partial charge in [-0.15, -0.1) is 0 Å². The van der Waals surface area contributed by atoms with Crippen LogP contribution in [0.3, 0.4) is 0 Å². The number of benzene rings is 2. The van der Waals surface area contributed by atoms with Crippen LogP contribution < -0.4 is 0 Å². The molecule has 0 bridgehead atoms. The van der Waals surface area contributed by atoms with Crippen molar-refractivity contribution in [2.75, 3.05) is 0 Å². The Labute approximate surface area is 101 Å². The number of fused-ring (bicyclic) bond motifs is 3. The molecule has 0 heterocycles. The van der Waals surface area contributed by atoms with E-state index >= 15 is 0 Å². The zero-order valence-electron chi connectivity index (χ0n) is 9.48. The molecule has 1 heteroatoms. The predicted molar refractivity (Wildman–Crippen MR) is 72.4 cm³/mol. The number of nitrogens with one attached hydrogen (secondary N) is 1. The van der Waals surface area contributed by atoms with Gasteiger partial charge in [0, 0.05) is 17.7 Å². The van der Waals surface area contributed by atoms with E-state index in [2.05, 4.69) is 42.5 Å². The molecule has 0 radical (unpaired) electrons. The molecule has 1 aliphatic carbocycles. The first kappa shape index (κ1) is 10.0.